The van der Waals surface area contributed by atoms with E-state index in [1.165, 1.54) is 22.3 Å². The van der Waals surface area contributed by atoms with Crippen molar-refractivity contribution in [2.24, 2.45) is 5.92 Å². The molecule has 0 saturated carbocycles. The Balaban J connectivity index is 1.39. The maximum atomic E-state index is 10.9. The van der Waals surface area contributed by atoms with Gasteiger partial charge in [-0.2, -0.15) is 0 Å². The Bertz CT molecular complexity index is 1010. The smallest absolute Gasteiger partial charge is 0.341 e. The molecule has 0 spiro atoms. The van der Waals surface area contributed by atoms with Gasteiger partial charge < -0.3 is 14.6 Å². The van der Waals surface area contributed by atoms with Crippen molar-refractivity contribution in [3.8, 4) is 5.75 Å². The third kappa shape index (κ3) is 6.27. The molecule has 1 N–H and O–H groups in total. The molecule has 0 saturated heterocycles. The molecule has 0 aromatic heterocycles. The maximum Gasteiger partial charge on any atom is 0.341 e. The molecule has 4 rings (SSSR count). The molecule has 178 valence electrons. The standard InChI is InChI=1S/C30H34O4/c1-2-26(34-30(23-10-5-3-6-11-23)24-12-7-4-8-13-24)18-16-22-17-19-27-25(20-22)14-9-15-28(27)33-21-29(31)32/h3-15,22,26,30H,2,16-21H2,1H3,(H,31,32). The SMILES string of the molecule is CCC(CCC1CCc2c(cccc2OCC(=O)O)C1)OC(c1ccccc1)c1ccccc1. The Labute approximate surface area is 202 Å². The minimum absolute atomic E-state index is 0.0617. The first kappa shape index (κ1) is 24.0. The van der Waals surface area contributed by atoms with Gasteiger partial charge >= 0.3 is 5.97 Å². The highest BCUT2D eigenvalue weighted by atomic mass is 16.5. The Morgan fingerprint density at radius 3 is 2.26 bits per heavy atom. The van der Waals surface area contributed by atoms with Gasteiger partial charge in [-0.25, -0.2) is 4.79 Å². The van der Waals surface area contributed by atoms with E-state index in [-0.39, 0.29) is 18.8 Å². The van der Waals surface area contributed by atoms with E-state index in [0.29, 0.717) is 5.92 Å². The van der Waals surface area contributed by atoms with Crippen molar-refractivity contribution in [3.63, 3.8) is 0 Å². The molecular weight excluding hydrogens is 424 g/mol. The van der Waals surface area contributed by atoms with Crippen LogP contribution in [0.2, 0.25) is 0 Å². The van der Waals surface area contributed by atoms with Crippen LogP contribution in [0.3, 0.4) is 0 Å². The van der Waals surface area contributed by atoms with E-state index >= 15 is 0 Å². The summed E-state index contributed by atoms with van der Waals surface area (Å²) in [5, 5.41) is 8.94. The molecule has 0 amide bonds. The van der Waals surface area contributed by atoms with E-state index in [1.54, 1.807) is 0 Å². The monoisotopic (exact) mass is 458 g/mol. The van der Waals surface area contributed by atoms with Gasteiger partial charge in [0, 0.05) is 0 Å². The van der Waals surface area contributed by atoms with Gasteiger partial charge in [0.15, 0.2) is 6.61 Å². The number of hydrogen-bond acceptors (Lipinski definition) is 3. The van der Waals surface area contributed by atoms with Crippen molar-refractivity contribution in [2.75, 3.05) is 6.61 Å². The van der Waals surface area contributed by atoms with E-state index < -0.39 is 5.97 Å². The quantitative estimate of drug-likeness (QED) is 0.351. The second kappa shape index (κ2) is 11.8. The van der Waals surface area contributed by atoms with Crippen molar-refractivity contribution >= 4 is 5.97 Å². The molecule has 1 aliphatic rings. The van der Waals surface area contributed by atoms with Crippen LogP contribution in [0.1, 0.15) is 61.0 Å². The molecule has 2 atom stereocenters. The lowest BCUT2D eigenvalue weighted by molar-refractivity contribution is -0.139. The minimum Gasteiger partial charge on any atom is -0.482 e. The van der Waals surface area contributed by atoms with E-state index in [4.69, 9.17) is 14.6 Å². The predicted molar refractivity (Wildman–Crippen MR) is 134 cm³/mol. The number of rotatable bonds is 11. The number of ether oxygens (including phenoxy) is 2. The summed E-state index contributed by atoms with van der Waals surface area (Å²) in [5.74, 6) is 0.384. The number of carboxylic acids is 1. The fraction of sp³-hybridized carbons (Fsp3) is 0.367. The van der Waals surface area contributed by atoms with Gasteiger partial charge in [-0.05, 0) is 72.8 Å². The molecule has 0 fully saturated rings. The fourth-order valence-corrected chi connectivity index (χ4v) is 4.96. The summed E-state index contributed by atoms with van der Waals surface area (Å²) in [6, 6.07) is 27.0. The second-order valence-electron chi connectivity index (χ2n) is 9.13. The number of benzene rings is 3. The summed E-state index contributed by atoms with van der Waals surface area (Å²) in [5.41, 5.74) is 4.84. The molecule has 34 heavy (non-hydrogen) atoms. The van der Waals surface area contributed by atoms with Crippen molar-refractivity contribution < 1.29 is 19.4 Å². The molecule has 4 heteroatoms. The zero-order valence-corrected chi connectivity index (χ0v) is 19.9. The summed E-state index contributed by atoms with van der Waals surface area (Å²) < 4.78 is 12.3. The normalized spacial score (nSPS) is 16.1. The first-order chi connectivity index (χ1) is 16.6. The molecular formula is C30H34O4. The number of fused-ring (bicyclic) bond motifs is 1. The Kier molecular flexibility index (Phi) is 8.37. The minimum atomic E-state index is -0.943. The highest BCUT2D eigenvalue weighted by Crippen LogP contribution is 2.35. The van der Waals surface area contributed by atoms with E-state index in [2.05, 4.69) is 61.5 Å². The average Bonchev–Trinajstić information content (AvgIpc) is 2.88. The fourth-order valence-electron chi connectivity index (χ4n) is 4.96. The average molecular weight is 459 g/mol. The predicted octanol–water partition coefficient (Wildman–Crippen LogP) is 6.62. The van der Waals surface area contributed by atoms with Crippen LogP contribution < -0.4 is 4.74 Å². The van der Waals surface area contributed by atoms with Crippen LogP contribution >= 0.6 is 0 Å². The van der Waals surface area contributed by atoms with Gasteiger partial charge in [0.1, 0.15) is 11.9 Å². The molecule has 0 aliphatic heterocycles. The summed E-state index contributed by atoms with van der Waals surface area (Å²) in [7, 11) is 0. The van der Waals surface area contributed by atoms with Crippen LogP contribution in [0.15, 0.2) is 78.9 Å². The van der Waals surface area contributed by atoms with Crippen molar-refractivity contribution in [1.29, 1.82) is 0 Å². The van der Waals surface area contributed by atoms with Crippen LogP contribution in [-0.4, -0.2) is 23.8 Å². The van der Waals surface area contributed by atoms with Crippen molar-refractivity contribution in [3.05, 3.63) is 101 Å². The van der Waals surface area contributed by atoms with Gasteiger partial charge in [-0.1, -0.05) is 79.7 Å². The lowest BCUT2D eigenvalue weighted by Gasteiger charge is -2.29. The van der Waals surface area contributed by atoms with E-state index in [1.807, 2.05) is 24.3 Å². The summed E-state index contributed by atoms with van der Waals surface area (Å²) in [6.45, 7) is 1.92. The number of carbonyl (C=O) groups is 1. The van der Waals surface area contributed by atoms with Crippen LogP contribution in [0.5, 0.6) is 5.75 Å². The largest absolute Gasteiger partial charge is 0.482 e. The first-order valence-electron chi connectivity index (χ1n) is 12.3. The summed E-state index contributed by atoms with van der Waals surface area (Å²) in [6.07, 6.45) is 6.30. The number of aliphatic carboxylic acids is 1. The Hall–Kier alpha value is -3.11. The maximum absolute atomic E-state index is 10.9. The van der Waals surface area contributed by atoms with Gasteiger partial charge in [0.25, 0.3) is 0 Å². The number of carboxylic acid groups (broad SMARTS) is 1. The summed E-state index contributed by atoms with van der Waals surface area (Å²) in [4.78, 5) is 10.9. The van der Waals surface area contributed by atoms with Crippen LogP contribution in [0.25, 0.3) is 0 Å². The van der Waals surface area contributed by atoms with Gasteiger partial charge in [-0.3, -0.25) is 0 Å². The Morgan fingerprint density at radius 1 is 0.971 bits per heavy atom. The van der Waals surface area contributed by atoms with Crippen LogP contribution in [0, 0.1) is 5.92 Å². The van der Waals surface area contributed by atoms with Crippen molar-refractivity contribution in [2.45, 2.75) is 57.7 Å². The van der Waals surface area contributed by atoms with E-state index in [9.17, 15) is 4.79 Å². The zero-order chi connectivity index (χ0) is 23.8. The summed E-state index contributed by atoms with van der Waals surface area (Å²) >= 11 is 0. The first-order valence-corrected chi connectivity index (χ1v) is 12.3. The Morgan fingerprint density at radius 2 is 1.65 bits per heavy atom. The highest BCUT2D eigenvalue weighted by molar-refractivity contribution is 5.68. The molecule has 0 bridgehead atoms. The van der Waals surface area contributed by atoms with Crippen molar-refractivity contribution in [1.82, 2.24) is 0 Å². The van der Waals surface area contributed by atoms with Gasteiger partial charge in [0.05, 0.1) is 6.10 Å². The topological polar surface area (TPSA) is 55.8 Å². The zero-order valence-electron chi connectivity index (χ0n) is 19.9. The van der Waals surface area contributed by atoms with Crippen LogP contribution in [-0.2, 0) is 22.4 Å². The molecule has 3 aromatic carbocycles. The molecule has 1 aliphatic carbocycles. The van der Waals surface area contributed by atoms with Crippen LogP contribution in [0.4, 0.5) is 0 Å². The lowest BCUT2D eigenvalue weighted by atomic mass is 9.80. The molecule has 0 heterocycles. The number of hydrogen-bond donors (Lipinski definition) is 1. The van der Waals surface area contributed by atoms with Gasteiger partial charge in [-0.15, -0.1) is 0 Å². The lowest BCUT2D eigenvalue weighted by Crippen LogP contribution is -2.21. The second-order valence-corrected chi connectivity index (χ2v) is 9.13. The highest BCUT2D eigenvalue weighted by Gasteiger charge is 2.24. The van der Waals surface area contributed by atoms with E-state index in [0.717, 1.165) is 44.3 Å². The third-order valence-corrected chi connectivity index (χ3v) is 6.78. The molecule has 4 nitrogen and oxygen atoms in total. The third-order valence-electron chi connectivity index (χ3n) is 6.78. The van der Waals surface area contributed by atoms with Gasteiger partial charge in [0.2, 0.25) is 0 Å². The molecule has 3 aromatic rings. The molecule has 2 unspecified atom stereocenters. The molecule has 0 radical (unpaired) electrons.